The second-order valence-electron chi connectivity index (χ2n) is 4.84. The first-order valence-electron chi connectivity index (χ1n) is 6.42. The first-order valence-corrected chi connectivity index (χ1v) is 6.42. The molecule has 1 aliphatic rings. The topological polar surface area (TPSA) is 86.9 Å². The van der Waals surface area contributed by atoms with E-state index < -0.39 is 0 Å². The molecule has 0 atom stereocenters. The van der Waals surface area contributed by atoms with Crippen LogP contribution in [0.4, 0.5) is 0 Å². The highest BCUT2D eigenvalue weighted by molar-refractivity contribution is 5.95. The number of hydrogen-bond acceptors (Lipinski definition) is 3. The molecule has 2 rings (SSSR count). The first kappa shape index (κ1) is 13.3. The van der Waals surface area contributed by atoms with E-state index in [2.05, 4.69) is 20.6 Å². The fraction of sp³-hybridized carbons (Fsp3) is 0.462. The number of H-pyrrole nitrogens is 1. The van der Waals surface area contributed by atoms with Gasteiger partial charge in [-0.05, 0) is 25.3 Å². The van der Waals surface area contributed by atoms with Gasteiger partial charge in [-0.25, -0.2) is 4.98 Å². The van der Waals surface area contributed by atoms with Crippen LogP contribution in [0.2, 0.25) is 0 Å². The van der Waals surface area contributed by atoms with Gasteiger partial charge in [0.1, 0.15) is 11.5 Å². The summed E-state index contributed by atoms with van der Waals surface area (Å²) in [6.45, 7) is 3.61. The van der Waals surface area contributed by atoms with Gasteiger partial charge in [0.25, 0.3) is 5.91 Å². The molecule has 6 heteroatoms. The Labute approximate surface area is 111 Å². The normalized spacial score (nSPS) is 18.5. The standard InChI is InChI=1S/C13H18N4O2/c1-8(2)12(18)16-10-6-4-3-5-9-11(13(19)17-10)15-7-14-9/h6-8H,3-5H2,1-2H3,(H,14,15)(H,16,18)(H,17,19)/b10-6+. The largest absolute Gasteiger partial charge is 0.348 e. The van der Waals surface area contributed by atoms with Crippen molar-refractivity contribution in [2.24, 2.45) is 5.92 Å². The molecule has 1 aliphatic heterocycles. The van der Waals surface area contributed by atoms with E-state index in [1.54, 1.807) is 13.8 Å². The maximum absolute atomic E-state index is 12.0. The Morgan fingerprint density at radius 3 is 3.00 bits per heavy atom. The second kappa shape index (κ2) is 5.69. The molecule has 0 bridgehead atoms. The minimum absolute atomic E-state index is 0.118. The van der Waals surface area contributed by atoms with Gasteiger partial charge in [0, 0.05) is 11.6 Å². The lowest BCUT2D eigenvalue weighted by Gasteiger charge is -2.12. The van der Waals surface area contributed by atoms with E-state index in [9.17, 15) is 9.59 Å². The zero-order valence-corrected chi connectivity index (χ0v) is 11.1. The van der Waals surface area contributed by atoms with Crippen molar-refractivity contribution in [3.05, 3.63) is 29.6 Å². The Kier molecular flexibility index (Phi) is 3.99. The number of nitrogens with one attached hydrogen (secondary N) is 3. The number of nitrogens with zero attached hydrogens (tertiary/aromatic N) is 1. The summed E-state index contributed by atoms with van der Waals surface area (Å²) in [7, 11) is 0. The fourth-order valence-corrected chi connectivity index (χ4v) is 1.82. The van der Waals surface area contributed by atoms with Crippen molar-refractivity contribution in [1.82, 2.24) is 20.6 Å². The Hall–Kier alpha value is -2.11. The molecule has 0 spiro atoms. The molecule has 0 aliphatic carbocycles. The number of rotatable bonds is 2. The number of aromatic nitrogens is 2. The summed E-state index contributed by atoms with van der Waals surface area (Å²) >= 11 is 0. The number of amides is 2. The second-order valence-corrected chi connectivity index (χ2v) is 4.84. The third kappa shape index (κ3) is 3.21. The SMILES string of the molecule is CC(C)C(=O)N/C1=C\CCCc2[nH]cnc2C(=O)N1. The van der Waals surface area contributed by atoms with Gasteiger partial charge < -0.3 is 15.6 Å². The third-order valence-corrected chi connectivity index (χ3v) is 2.94. The van der Waals surface area contributed by atoms with E-state index in [0.29, 0.717) is 11.5 Å². The minimum atomic E-state index is -0.298. The maximum Gasteiger partial charge on any atom is 0.277 e. The van der Waals surface area contributed by atoms with E-state index in [0.717, 1.165) is 25.0 Å². The van der Waals surface area contributed by atoms with Crippen LogP contribution < -0.4 is 10.6 Å². The summed E-state index contributed by atoms with van der Waals surface area (Å²) in [5.74, 6) is -0.104. The number of allylic oxidation sites excluding steroid dienone is 1. The van der Waals surface area contributed by atoms with E-state index in [1.807, 2.05) is 6.08 Å². The monoisotopic (exact) mass is 262 g/mol. The lowest BCUT2D eigenvalue weighted by atomic mass is 10.1. The molecule has 0 saturated heterocycles. The van der Waals surface area contributed by atoms with Crippen LogP contribution >= 0.6 is 0 Å². The van der Waals surface area contributed by atoms with Crippen LogP contribution in [0, 0.1) is 5.92 Å². The molecule has 2 heterocycles. The average molecular weight is 262 g/mol. The molecule has 0 unspecified atom stereocenters. The summed E-state index contributed by atoms with van der Waals surface area (Å²) in [4.78, 5) is 30.7. The first-order chi connectivity index (χ1) is 9.08. The lowest BCUT2D eigenvalue weighted by Crippen LogP contribution is -2.37. The number of hydrogen-bond donors (Lipinski definition) is 3. The van der Waals surface area contributed by atoms with Crippen molar-refractivity contribution in [2.45, 2.75) is 33.1 Å². The summed E-state index contributed by atoms with van der Waals surface area (Å²) in [6, 6.07) is 0. The van der Waals surface area contributed by atoms with Crippen molar-refractivity contribution < 1.29 is 9.59 Å². The third-order valence-electron chi connectivity index (χ3n) is 2.94. The fourth-order valence-electron chi connectivity index (χ4n) is 1.82. The average Bonchev–Trinajstić information content (AvgIpc) is 2.82. The molecule has 6 nitrogen and oxygen atoms in total. The molecule has 1 aromatic heterocycles. The summed E-state index contributed by atoms with van der Waals surface area (Å²) < 4.78 is 0. The number of fused-ring (bicyclic) bond motifs is 1. The van der Waals surface area contributed by atoms with Crippen molar-refractivity contribution in [3.8, 4) is 0 Å². The number of carbonyl (C=O) groups excluding carboxylic acids is 2. The quantitative estimate of drug-likeness (QED) is 0.745. The van der Waals surface area contributed by atoms with Crippen LogP contribution in [0.3, 0.4) is 0 Å². The zero-order chi connectivity index (χ0) is 13.8. The van der Waals surface area contributed by atoms with Crippen LogP contribution in [0.25, 0.3) is 0 Å². The molecule has 1 aromatic rings. The van der Waals surface area contributed by atoms with Crippen LogP contribution in [-0.4, -0.2) is 21.8 Å². The van der Waals surface area contributed by atoms with E-state index in [4.69, 9.17) is 0 Å². The zero-order valence-electron chi connectivity index (χ0n) is 11.1. The summed E-state index contributed by atoms with van der Waals surface area (Å²) in [6.07, 6.45) is 5.80. The maximum atomic E-state index is 12.0. The molecular formula is C13H18N4O2. The number of aryl methyl sites for hydroxylation is 1. The smallest absolute Gasteiger partial charge is 0.277 e. The number of carbonyl (C=O) groups is 2. The molecule has 0 aromatic carbocycles. The molecule has 2 amide bonds. The van der Waals surface area contributed by atoms with Gasteiger partial charge in [-0.15, -0.1) is 0 Å². The van der Waals surface area contributed by atoms with Gasteiger partial charge in [0.05, 0.1) is 6.33 Å². The highest BCUT2D eigenvalue weighted by Gasteiger charge is 2.18. The van der Waals surface area contributed by atoms with Crippen LogP contribution in [0.1, 0.15) is 42.9 Å². The molecule has 19 heavy (non-hydrogen) atoms. The van der Waals surface area contributed by atoms with E-state index >= 15 is 0 Å². The number of imidazole rings is 1. The van der Waals surface area contributed by atoms with Gasteiger partial charge in [-0.1, -0.05) is 13.8 Å². The summed E-state index contributed by atoms with van der Waals surface area (Å²) in [5, 5.41) is 5.41. The minimum Gasteiger partial charge on any atom is -0.348 e. The summed E-state index contributed by atoms with van der Waals surface area (Å²) in [5.41, 5.74) is 1.23. The van der Waals surface area contributed by atoms with Crippen molar-refractivity contribution in [2.75, 3.05) is 0 Å². The lowest BCUT2D eigenvalue weighted by molar-refractivity contribution is -0.123. The van der Waals surface area contributed by atoms with Crippen molar-refractivity contribution in [1.29, 1.82) is 0 Å². The Morgan fingerprint density at radius 2 is 2.26 bits per heavy atom. The highest BCUT2D eigenvalue weighted by atomic mass is 16.2. The number of aromatic amines is 1. The molecule has 0 saturated carbocycles. The molecule has 0 fully saturated rings. The highest BCUT2D eigenvalue weighted by Crippen LogP contribution is 2.11. The Bertz CT molecular complexity index is 516. The molecule has 3 N–H and O–H groups in total. The van der Waals surface area contributed by atoms with Gasteiger partial charge in [-0.2, -0.15) is 0 Å². The van der Waals surface area contributed by atoms with Gasteiger partial charge in [0.2, 0.25) is 5.91 Å². The van der Waals surface area contributed by atoms with Gasteiger partial charge in [-0.3, -0.25) is 9.59 Å². The van der Waals surface area contributed by atoms with Gasteiger partial charge in [0.15, 0.2) is 0 Å². The van der Waals surface area contributed by atoms with Crippen molar-refractivity contribution in [3.63, 3.8) is 0 Å². The molecular weight excluding hydrogens is 244 g/mol. The predicted octanol–water partition coefficient (Wildman–Crippen LogP) is 1.09. The Morgan fingerprint density at radius 1 is 1.47 bits per heavy atom. The molecule has 102 valence electrons. The molecule has 0 radical (unpaired) electrons. The van der Waals surface area contributed by atoms with Gasteiger partial charge >= 0.3 is 0 Å². The van der Waals surface area contributed by atoms with Crippen LogP contribution in [0.5, 0.6) is 0 Å². The van der Waals surface area contributed by atoms with Crippen LogP contribution in [-0.2, 0) is 11.2 Å². The van der Waals surface area contributed by atoms with Crippen LogP contribution in [0.15, 0.2) is 18.2 Å². The van der Waals surface area contributed by atoms with Crippen molar-refractivity contribution >= 4 is 11.8 Å². The van der Waals surface area contributed by atoms with E-state index in [1.165, 1.54) is 6.33 Å². The predicted molar refractivity (Wildman–Crippen MR) is 70.1 cm³/mol. The Balaban J connectivity index is 2.15. The van der Waals surface area contributed by atoms with E-state index in [-0.39, 0.29) is 17.7 Å².